The highest BCUT2D eigenvalue weighted by atomic mass is 32.2. The van der Waals surface area contributed by atoms with Gasteiger partial charge in [0.25, 0.3) is 10.0 Å². The van der Waals surface area contributed by atoms with Gasteiger partial charge in [-0.15, -0.1) is 11.3 Å². The Morgan fingerprint density at radius 2 is 2.32 bits per heavy atom. The summed E-state index contributed by atoms with van der Waals surface area (Å²) in [6.07, 6.45) is 1.43. The van der Waals surface area contributed by atoms with Crippen LogP contribution in [0.3, 0.4) is 0 Å². The monoisotopic (exact) mass is 304 g/mol. The fraction of sp³-hybridized carbons (Fsp3) is 0.500. The number of thiazole rings is 1. The number of anilines is 1. The Hall–Kier alpha value is -1.16. The molecule has 1 unspecified atom stereocenters. The molecule has 0 amide bonds. The lowest BCUT2D eigenvalue weighted by Crippen LogP contribution is -2.30. The van der Waals surface area contributed by atoms with E-state index in [4.69, 9.17) is 5.73 Å². The van der Waals surface area contributed by atoms with Crippen LogP contribution in [0, 0.1) is 0 Å². The number of fused-ring (bicyclic) bond motifs is 1. The molecule has 0 aliphatic carbocycles. The van der Waals surface area contributed by atoms with Crippen LogP contribution in [-0.2, 0) is 10.0 Å². The molecule has 19 heavy (non-hydrogen) atoms. The van der Waals surface area contributed by atoms with E-state index in [-0.39, 0.29) is 17.4 Å². The Labute approximate surface area is 115 Å². The van der Waals surface area contributed by atoms with Crippen LogP contribution in [0.25, 0.3) is 4.96 Å². The molecule has 0 saturated carbocycles. The molecule has 0 aliphatic rings. The van der Waals surface area contributed by atoms with E-state index in [1.54, 1.807) is 18.5 Å². The van der Waals surface area contributed by atoms with Crippen molar-refractivity contribution in [2.24, 2.45) is 0 Å². The number of sulfonamides is 1. The number of aromatic nitrogens is 2. The summed E-state index contributed by atoms with van der Waals surface area (Å²) >= 11 is 1.32. The predicted molar refractivity (Wildman–Crippen MR) is 73.6 cm³/mol. The van der Waals surface area contributed by atoms with E-state index in [0.29, 0.717) is 11.4 Å². The van der Waals surface area contributed by atoms with Gasteiger partial charge in [0.2, 0.25) is 0 Å². The molecule has 106 valence electrons. The van der Waals surface area contributed by atoms with Gasteiger partial charge in [0.15, 0.2) is 15.8 Å². The van der Waals surface area contributed by atoms with E-state index < -0.39 is 16.1 Å². The Bertz CT molecular complexity index is 674. The van der Waals surface area contributed by atoms with Gasteiger partial charge >= 0.3 is 0 Å². The minimum absolute atomic E-state index is 0.00394. The van der Waals surface area contributed by atoms with Crippen molar-refractivity contribution in [1.29, 1.82) is 0 Å². The Morgan fingerprint density at radius 1 is 1.63 bits per heavy atom. The molecule has 2 aromatic heterocycles. The lowest BCUT2D eigenvalue weighted by Gasteiger charge is -2.17. The highest BCUT2D eigenvalue weighted by molar-refractivity contribution is 7.89. The van der Waals surface area contributed by atoms with Crippen molar-refractivity contribution >= 4 is 32.1 Å². The number of hydrogen-bond acceptors (Lipinski definition) is 6. The van der Waals surface area contributed by atoms with Crippen LogP contribution in [0.2, 0.25) is 0 Å². The summed E-state index contributed by atoms with van der Waals surface area (Å²) in [6.45, 7) is 1.83. The van der Waals surface area contributed by atoms with Gasteiger partial charge in [0, 0.05) is 25.2 Å². The second kappa shape index (κ2) is 5.08. The van der Waals surface area contributed by atoms with Gasteiger partial charge in [0.1, 0.15) is 0 Å². The van der Waals surface area contributed by atoms with Crippen molar-refractivity contribution in [1.82, 2.24) is 13.7 Å². The number of imidazole rings is 1. The quantitative estimate of drug-likeness (QED) is 0.831. The van der Waals surface area contributed by atoms with Crippen LogP contribution in [0.1, 0.15) is 13.3 Å². The Balaban J connectivity index is 2.38. The fourth-order valence-corrected chi connectivity index (χ4v) is 3.80. The Kier molecular flexibility index (Phi) is 3.81. The maximum atomic E-state index is 12.4. The number of aliphatic hydroxyl groups excluding tert-OH is 1. The summed E-state index contributed by atoms with van der Waals surface area (Å²) in [7, 11) is -2.25. The number of nitrogens with zero attached hydrogens (tertiary/aromatic N) is 3. The van der Waals surface area contributed by atoms with E-state index >= 15 is 0 Å². The third kappa shape index (κ3) is 2.59. The number of rotatable bonds is 5. The van der Waals surface area contributed by atoms with E-state index in [1.165, 1.54) is 27.1 Å². The van der Waals surface area contributed by atoms with Crippen LogP contribution >= 0.6 is 11.3 Å². The number of aliphatic hydroxyl groups is 1. The highest BCUT2D eigenvalue weighted by Gasteiger charge is 2.28. The number of nitrogen functional groups attached to an aromatic ring is 1. The van der Waals surface area contributed by atoms with Crippen molar-refractivity contribution in [3.8, 4) is 0 Å². The minimum atomic E-state index is -3.71. The van der Waals surface area contributed by atoms with E-state index in [0.717, 1.165) is 0 Å². The van der Waals surface area contributed by atoms with Gasteiger partial charge in [0.05, 0.1) is 6.10 Å². The van der Waals surface area contributed by atoms with Gasteiger partial charge in [-0.1, -0.05) is 0 Å². The van der Waals surface area contributed by atoms with Gasteiger partial charge in [-0.2, -0.15) is 4.31 Å². The average Bonchev–Trinajstić information content (AvgIpc) is 2.84. The number of nitrogens with two attached hydrogens (primary N) is 1. The zero-order chi connectivity index (χ0) is 14.2. The SMILES string of the molecule is CC(O)CCN(C)S(=O)(=O)c1c(N)nc2sccn12. The summed E-state index contributed by atoms with van der Waals surface area (Å²) in [6, 6.07) is 0. The van der Waals surface area contributed by atoms with E-state index in [1.807, 2.05) is 0 Å². The standard InChI is InChI=1S/C10H16N4O3S2/c1-7(15)3-4-13(2)19(16,17)9-8(11)12-10-14(9)5-6-18-10/h5-7,15H,3-4,11H2,1-2H3. The molecule has 0 aliphatic heterocycles. The first kappa shape index (κ1) is 14.3. The maximum Gasteiger partial charge on any atom is 0.262 e. The molecular weight excluding hydrogens is 288 g/mol. The normalized spacial score (nSPS) is 14.3. The number of hydrogen-bond donors (Lipinski definition) is 2. The topological polar surface area (TPSA) is 101 Å². The molecule has 3 N–H and O–H groups in total. The molecular formula is C10H16N4O3S2. The maximum absolute atomic E-state index is 12.4. The van der Waals surface area contributed by atoms with Crippen molar-refractivity contribution in [3.63, 3.8) is 0 Å². The third-order valence-corrected chi connectivity index (χ3v) is 5.41. The molecule has 9 heteroatoms. The molecule has 0 fully saturated rings. The van der Waals surface area contributed by atoms with Crippen LogP contribution in [0.5, 0.6) is 0 Å². The molecule has 1 atom stereocenters. The molecule has 0 saturated heterocycles. The molecule has 0 radical (unpaired) electrons. The van der Waals surface area contributed by atoms with Crippen molar-refractivity contribution in [3.05, 3.63) is 11.6 Å². The molecule has 2 heterocycles. The highest BCUT2D eigenvalue weighted by Crippen LogP contribution is 2.25. The largest absolute Gasteiger partial charge is 0.393 e. The van der Waals surface area contributed by atoms with Crippen LogP contribution < -0.4 is 5.73 Å². The van der Waals surface area contributed by atoms with Crippen LogP contribution in [-0.4, -0.2) is 46.9 Å². The summed E-state index contributed by atoms with van der Waals surface area (Å²) in [5.74, 6) is -0.00394. The van der Waals surface area contributed by atoms with Crippen molar-refractivity contribution in [2.45, 2.75) is 24.5 Å². The first-order valence-corrected chi connectivity index (χ1v) is 8.01. The molecule has 2 rings (SSSR count). The molecule has 2 aromatic rings. The minimum Gasteiger partial charge on any atom is -0.393 e. The van der Waals surface area contributed by atoms with E-state index in [9.17, 15) is 13.5 Å². The van der Waals surface area contributed by atoms with Crippen molar-refractivity contribution < 1.29 is 13.5 Å². The summed E-state index contributed by atoms with van der Waals surface area (Å²) in [4.78, 5) is 4.56. The molecule has 0 bridgehead atoms. The van der Waals surface area contributed by atoms with Gasteiger partial charge in [-0.05, 0) is 13.3 Å². The lowest BCUT2D eigenvalue weighted by atomic mass is 10.3. The predicted octanol–water partition coefficient (Wildman–Crippen LogP) is 0.369. The van der Waals surface area contributed by atoms with Crippen molar-refractivity contribution in [2.75, 3.05) is 19.3 Å². The summed E-state index contributed by atoms with van der Waals surface area (Å²) in [5, 5.41) is 11.0. The first-order chi connectivity index (χ1) is 8.84. The summed E-state index contributed by atoms with van der Waals surface area (Å²) < 4.78 is 27.5. The van der Waals surface area contributed by atoms with Crippen LogP contribution in [0.4, 0.5) is 5.82 Å². The van der Waals surface area contributed by atoms with E-state index in [2.05, 4.69) is 4.98 Å². The zero-order valence-corrected chi connectivity index (χ0v) is 12.3. The third-order valence-electron chi connectivity index (χ3n) is 2.76. The lowest BCUT2D eigenvalue weighted by molar-refractivity contribution is 0.177. The smallest absolute Gasteiger partial charge is 0.262 e. The van der Waals surface area contributed by atoms with Gasteiger partial charge < -0.3 is 10.8 Å². The Morgan fingerprint density at radius 3 is 2.95 bits per heavy atom. The van der Waals surface area contributed by atoms with Gasteiger partial charge in [-0.3, -0.25) is 4.40 Å². The molecule has 7 nitrogen and oxygen atoms in total. The molecule has 0 aromatic carbocycles. The summed E-state index contributed by atoms with van der Waals surface area (Å²) in [5.41, 5.74) is 5.70. The molecule has 0 spiro atoms. The average molecular weight is 304 g/mol. The fourth-order valence-electron chi connectivity index (χ4n) is 1.67. The second-order valence-electron chi connectivity index (χ2n) is 4.32. The van der Waals surface area contributed by atoms with Crippen LogP contribution in [0.15, 0.2) is 16.6 Å². The zero-order valence-electron chi connectivity index (χ0n) is 10.6. The van der Waals surface area contributed by atoms with Gasteiger partial charge in [-0.25, -0.2) is 13.4 Å². The second-order valence-corrected chi connectivity index (χ2v) is 7.16. The first-order valence-electron chi connectivity index (χ1n) is 5.69.